The Morgan fingerprint density at radius 1 is 0.862 bits per heavy atom. The monoisotopic (exact) mass is 405 g/mol. The summed E-state index contributed by atoms with van der Waals surface area (Å²) in [4.78, 5) is 5.16. The molecule has 29 heavy (non-hydrogen) atoms. The zero-order valence-electron chi connectivity index (χ0n) is 17.6. The molecule has 4 rings (SSSR count). The van der Waals surface area contributed by atoms with Crippen molar-refractivity contribution in [2.45, 2.75) is 29.3 Å². The minimum absolute atomic E-state index is 0.446. The van der Waals surface area contributed by atoms with Gasteiger partial charge in [0, 0.05) is 15.4 Å². The van der Waals surface area contributed by atoms with Crippen molar-refractivity contribution < 1.29 is 9.22 Å². The zero-order chi connectivity index (χ0) is 20.4. The highest BCUT2D eigenvalue weighted by molar-refractivity contribution is 7.99. The summed E-state index contributed by atoms with van der Waals surface area (Å²) in [6.45, 7) is 4.31. The second kappa shape index (κ2) is 8.13. The number of rotatable bonds is 6. The van der Waals surface area contributed by atoms with Crippen LogP contribution in [0.5, 0.6) is 5.75 Å². The number of hydrogen-bond donors (Lipinski definition) is 0. The number of nitrogens with zero attached hydrogens (tertiary/aromatic N) is 2. The average molecular weight is 406 g/mol. The molecule has 3 aromatic carbocycles. The van der Waals surface area contributed by atoms with Gasteiger partial charge in [0.25, 0.3) is 0 Å². The third kappa shape index (κ3) is 4.14. The van der Waals surface area contributed by atoms with Gasteiger partial charge in [0.05, 0.1) is 39.1 Å². The van der Waals surface area contributed by atoms with Crippen molar-refractivity contribution in [3.63, 3.8) is 0 Å². The van der Waals surface area contributed by atoms with E-state index in [1.165, 1.54) is 26.7 Å². The number of quaternary nitrogens is 1. The zero-order valence-corrected chi connectivity index (χ0v) is 18.4. The highest BCUT2D eigenvalue weighted by Gasteiger charge is 2.30. The van der Waals surface area contributed by atoms with Gasteiger partial charge in [0.1, 0.15) is 18.3 Å². The fourth-order valence-corrected chi connectivity index (χ4v) is 4.92. The summed E-state index contributed by atoms with van der Waals surface area (Å²) in [5.41, 5.74) is 3.96. The lowest BCUT2D eigenvalue weighted by Crippen LogP contribution is -2.51. The molecule has 0 N–H and O–H groups in total. The molecule has 1 heterocycles. The van der Waals surface area contributed by atoms with Crippen LogP contribution in [0.4, 0.5) is 11.4 Å². The van der Waals surface area contributed by atoms with Crippen LogP contribution in [0.2, 0.25) is 0 Å². The predicted octanol–water partition coefficient (Wildman–Crippen LogP) is 5.96. The van der Waals surface area contributed by atoms with Gasteiger partial charge >= 0.3 is 0 Å². The number of fused-ring (bicyclic) bond motifs is 2. The fraction of sp³-hybridized carbons (Fsp3) is 0.280. The molecule has 0 amide bonds. The Hall–Kier alpha value is -2.43. The van der Waals surface area contributed by atoms with E-state index in [9.17, 15) is 0 Å². The van der Waals surface area contributed by atoms with Gasteiger partial charge in [0.2, 0.25) is 0 Å². The van der Waals surface area contributed by atoms with Crippen LogP contribution in [0.3, 0.4) is 0 Å². The maximum absolute atomic E-state index is 5.30. The van der Waals surface area contributed by atoms with E-state index in [1.54, 1.807) is 7.11 Å². The lowest BCUT2D eigenvalue weighted by atomic mass is 10.1. The molecule has 0 fully saturated rings. The number of anilines is 2. The molecule has 0 aliphatic carbocycles. The molecule has 0 spiro atoms. The molecular formula is C25H29N2OS+. The molecule has 1 unspecified atom stereocenters. The summed E-state index contributed by atoms with van der Waals surface area (Å²) in [6.07, 6.45) is 0. The smallest absolute Gasteiger partial charge is 0.118 e. The van der Waals surface area contributed by atoms with Gasteiger partial charge < -0.3 is 14.1 Å². The summed E-state index contributed by atoms with van der Waals surface area (Å²) < 4.78 is 6.22. The molecule has 150 valence electrons. The molecule has 1 atom stereocenters. The first-order valence-electron chi connectivity index (χ1n) is 10.1. The SMILES string of the molecule is COc1ccc(C[N+](C)(C)C(C)CN2c3ccccc3Sc3ccccc32)cc1. The van der Waals surface area contributed by atoms with Gasteiger partial charge in [-0.2, -0.15) is 0 Å². The summed E-state index contributed by atoms with van der Waals surface area (Å²) in [5.74, 6) is 0.908. The van der Waals surface area contributed by atoms with Crippen LogP contribution >= 0.6 is 11.8 Å². The Balaban J connectivity index is 1.58. The molecule has 0 saturated carbocycles. The number of benzene rings is 3. The Morgan fingerprint density at radius 3 is 1.97 bits per heavy atom. The Morgan fingerprint density at radius 2 is 1.41 bits per heavy atom. The molecular weight excluding hydrogens is 376 g/mol. The van der Waals surface area contributed by atoms with Gasteiger partial charge in [0.15, 0.2) is 0 Å². The normalized spacial score (nSPS) is 14.1. The van der Waals surface area contributed by atoms with Crippen LogP contribution in [0.15, 0.2) is 82.6 Å². The maximum Gasteiger partial charge on any atom is 0.118 e. The standard InChI is InChI=1S/C25H29N2OS/c1-19(27(2,3)18-20-13-15-21(28-4)16-14-20)17-26-22-9-5-7-11-24(22)29-25-12-8-6-10-23(25)26/h5-16,19H,17-18H2,1-4H3/q+1. The quantitative estimate of drug-likeness (QED) is 0.469. The minimum Gasteiger partial charge on any atom is -0.497 e. The molecule has 0 saturated heterocycles. The fourth-order valence-electron chi connectivity index (χ4n) is 3.82. The number of para-hydroxylation sites is 2. The van der Waals surface area contributed by atoms with E-state index in [-0.39, 0.29) is 0 Å². The van der Waals surface area contributed by atoms with Crippen LogP contribution in [-0.4, -0.2) is 38.3 Å². The van der Waals surface area contributed by atoms with Gasteiger partial charge in [-0.3, -0.25) is 0 Å². The Kier molecular flexibility index (Phi) is 5.57. The van der Waals surface area contributed by atoms with Crippen LogP contribution in [0.1, 0.15) is 12.5 Å². The van der Waals surface area contributed by atoms with Crippen LogP contribution in [0, 0.1) is 0 Å². The summed E-state index contributed by atoms with van der Waals surface area (Å²) in [7, 11) is 6.36. The largest absolute Gasteiger partial charge is 0.497 e. The van der Waals surface area contributed by atoms with Crippen LogP contribution in [-0.2, 0) is 6.54 Å². The lowest BCUT2D eigenvalue weighted by molar-refractivity contribution is -0.924. The average Bonchev–Trinajstić information content (AvgIpc) is 2.73. The number of likely N-dealkylation sites (N-methyl/N-ethyl adjacent to an activating group) is 1. The lowest BCUT2D eigenvalue weighted by Gasteiger charge is -2.41. The first-order valence-corrected chi connectivity index (χ1v) is 10.9. The second-order valence-electron chi connectivity index (χ2n) is 8.28. The first kappa shape index (κ1) is 19.9. The van der Waals surface area contributed by atoms with Crippen molar-refractivity contribution in [3.05, 3.63) is 78.4 Å². The predicted molar refractivity (Wildman–Crippen MR) is 122 cm³/mol. The van der Waals surface area contributed by atoms with E-state index >= 15 is 0 Å². The van der Waals surface area contributed by atoms with Crippen molar-refractivity contribution in [2.75, 3.05) is 32.6 Å². The number of ether oxygens (including phenoxy) is 1. The van der Waals surface area contributed by atoms with E-state index in [1.807, 2.05) is 23.9 Å². The first-order chi connectivity index (χ1) is 14.0. The molecule has 4 heteroatoms. The summed E-state index contributed by atoms with van der Waals surface area (Å²) >= 11 is 1.87. The Bertz CT molecular complexity index is 939. The second-order valence-corrected chi connectivity index (χ2v) is 9.37. The third-order valence-corrected chi connectivity index (χ3v) is 7.05. The summed E-state index contributed by atoms with van der Waals surface area (Å²) in [5, 5.41) is 0. The minimum atomic E-state index is 0.446. The van der Waals surface area contributed by atoms with E-state index in [2.05, 4.69) is 86.6 Å². The van der Waals surface area contributed by atoms with E-state index in [0.717, 1.165) is 23.3 Å². The topological polar surface area (TPSA) is 12.5 Å². The van der Waals surface area contributed by atoms with Crippen LogP contribution < -0.4 is 9.64 Å². The van der Waals surface area contributed by atoms with Crippen molar-refractivity contribution in [2.24, 2.45) is 0 Å². The van der Waals surface area contributed by atoms with Crippen molar-refractivity contribution >= 4 is 23.1 Å². The molecule has 0 aromatic heterocycles. The number of methoxy groups -OCH3 is 1. The highest BCUT2D eigenvalue weighted by atomic mass is 32.2. The van der Waals surface area contributed by atoms with Crippen molar-refractivity contribution in [1.29, 1.82) is 0 Å². The van der Waals surface area contributed by atoms with E-state index in [4.69, 9.17) is 4.74 Å². The summed E-state index contributed by atoms with van der Waals surface area (Å²) in [6, 6.07) is 26.4. The van der Waals surface area contributed by atoms with Gasteiger partial charge in [-0.1, -0.05) is 36.0 Å². The third-order valence-electron chi connectivity index (χ3n) is 5.92. The van der Waals surface area contributed by atoms with Gasteiger partial charge in [-0.25, -0.2) is 0 Å². The molecule has 1 aliphatic rings. The van der Waals surface area contributed by atoms with Crippen LogP contribution in [0.25, 0.3) is 0 Å². The highest BCUT2D eigenvalue weighted by Crippen LogP contribution is 2.48. The van der Waals surface area contributed by atoms with E-state index < -0.39 is 0 Å². The molecule has 0 bridgehead atoms. The molecule has 0 radical (unpaired) electrons. The van der Waals surface area contributed by atoms with Gasteiger partial charge in [-0.05, 0) is 55.5 Å². The number of hydrogen-bond acceptors (Lipinski definition) is 3. The van der Waals surface area contributed by atoms with Gasteiger partial charge in [-0.15, -0.1) is 0 Å². The maximum atomic E-state index is 5.30. The van der Waals surface area contributed by atoms with Crippen molar-refractivity contribution in [1.82, 2.24) is 0 Å². The van der Waals surface area contributed by atoms with E-state index in [0.29, 0.717) is 6.04 Å². The Labute approximate surface area is 178 Å². The molecule has 3 aromatic rings. The molecule has 3 nitrogen and oxygen atoms in total. The van der Waals surface area contributed by atoms with Crippen molar-refractivity contribution in [3.8, 4) is 5.75 Å². The molecule has 1 aliphatic heterocycles.